The van der Waals surface area contributed by atoms with Crippen molar-refractivity contribution in [2.75, 3.05) is 175 Å². The van der Waals surface area contributed by atoms with Gasteiger partial charge in [0.2, 0.25) is 65.0 Å². The summed E-state index contributed by atoms with van der Waals surface area (Å²) in [4.78, 5) is 180. The first-order valence-corrected chi connectivity index (χ1v) is 40.1. The summed E-state index contributed by atoms with van der Waals surface area (Å²) in [5, 5.41) is 54.3. The van der Waals surface area contributed by atoms with Crippen LogP contribution >= 0.6 is 59.6 Å². The number of carbonyl (C=O) groups is 13. The van der Waals surface area contributed by atoms with Crippen molar-refractivity contribution in [1.82, 2.24) is 69.1 Å². The Morgan fingerprint density at radius 1 is 0.540 bits per heavy atom. The third-order valence-corrected chi connectivity index (χ3v) is 18.0. The zero-order chi connectivity index (χ0) is 82.6. The zero-order valence-corrected chi connectivity index (χ0v) is 68.0. The Labute approximate surface area is 684 Å². The molecule has 113 heavy (non-hydrogen) atoms. The monoisotopic (exact) mass is 1760 g/mol. The van der Waals surface area contributed by atoms with E-state index in [1.54, 1.807) is 30.3 Å². The highest BCUT2D eigenvalue weighted by atomic mass is 127. The minimum atomic E-state index is -1.85. The van der Waals surface area contributed by atoms with Gasteiger partial charge in [0, 0.05) is 78.8 Å². The average molecular weight is 1770 g/mol. The minimum absolute atomic E-state index is 0.00599. The molecule has 7 atom stereocenters. The van der Waals surface area contributed by atoms with Crippen molar-refractivity contribution in [2.45, 2.75) is 101 Å². The molecule has 1 saturated heterocycles. The Morgan fingerprint density at radius 2 is 1.01 bits per heavy atom. The minimum Gasteiger partial charge on any atom is -0.481 e. The maximum Gasteiger partial charge on any atom is 0.305 e. The van der Waals surface area contributed by atoms with E-state index in [1.165, 1.54) is 6.21 Å². The van der Waals surface area contributed by atoms with E-state index in [0.29, 0.717) is 71.6 Å². The molecule has 0 radical (unpaired) electrons. The summed E-state index contributed by atoms with van der Waals surface area (Å²) >= 11 is 11.8. The zero-order valence-electron chi connectivity index (χ0n) is 63.2. The van der Waals surface area contributed by atoms with E-state index in [2.05, 4.69) is 122 Å². The highest BCUT2D eigenvalue weighted by molar-refractivity contribution is 14.1. The van der Waals surface area contributed by atoms with E-state index in [4.69, 9.17) is 53.9 Å². The molecule has 0 bridgehead atoms. The molecule has 632 valence electrons. The number of halogens is 1. The van der Waals surface area contributed by atoms with Crippen molar-refractivity contribution >= 4 is 149 Å². The first-order valence-electron chi connectivity index (χ1n) is 36.6. The highest BCUT2D eigenvalue weighted by Crippen LogP contribution is 2.12. The molecule has 39 nitrogen and oxygen atoms in total. The Hall–Kier alpha value is -8.25. The van der Waals surface area contributed by atoms with Crippen LogP contribution in [-0.4, -0.2) is 311 Å². The van der Waals surface area contributed by atoms with Gasteiger partial charge in [0.1, 0.15) is 55.5 Å². The van der Waals surface area contributed by atoms with Crippen LogP contribution in [0.15, 0.2) is 59.8 Å². The number of benzene rings is 2. The van der Waals surface area contributed by atoms with Crippen LogP contribution in [-0.2, 0) is 111 Å². The highest BCUT2D eigenvalue weighted by Gasteiger charge is 2.34. The lowest BCUT2D eigenvalue weighted by Crippen LogP contribution is -2.60. The second-order valence-corrected chi connectivity index (χ2v) is 27.6. The second kappa shape index (κ2) is 62.2. The van der Waals surface area contributed by atoms with Crippen LogP contribution in [0.25, 0.3) is 0 Å². The molecule has 12 amide bonds. The number of nitrogens with two attached hydrogens (primary N) is 1. The maximum absolute atomic E-state index is 14.4. The van der Waals surface area contributed by atoms with Crippen LogP contribution in [0.3, 0.4) is 0 Å². The molecule has 1 aliphatic heterocycles. The summed E-state index contributed by atoms with van der Waals surface area (Å²) in [5.74, 6) is -12.3. The Kier molecular flexibility index (Phi) is 54.4. The van der Waals surface area contributed by atoms with Gasteiger partial charge in [-0.05, 0) is 84.9 Å². The van der Waals surface area contributed by atoms with Gasteiger partial charge in [-0.25, -0.2) is 0 Å². The number of rotatable bonds is 49. The number of carboxylic acids is 1. The summed E-state index contributed by atoms with van der Waals surface area (Å²) in [6, 6.07) is 5.74. The quantitative estimate of drug-likeness (QED) is 0.00748. The fourth-order valence-electron chi connectivity index (χ4n) is 9.69. The molecule has 2 aromatic carbocycles. The van der Waals surface area contributed by atoms with Crippen molar-refractivity contribution in [1.29, 1.82) is 5.41 Å². The van der Waals surface area contributed by atoms with Crippen LogP contribution in [0, 0.1) is 8.98 Å². The molecule has 0 aliphatic carbocycles. The van der Waals surface area contributed by atoms with E-state index < -0.39 is 151 Å². The third kappa shape index (κ3) is 48.5. The summed E-state index contributed by atoms with van der Waals surface area (Å²) in [6.45, 7) is 4.54. The van der Waals surface area contributed by atoms with Crippen LogP contribution in [0.1, 0.15) is 63.0 Å². The van der Waals surface area contributed by atoms with Crippen LogP contribution in [0.5, 0.6) is 0 Å². The standard InChI is InChI=1S/C70H109IN16O23S3/c1-2-102-26-27-105-25-22-77-64(96)56-46-113-36-17-57(88)81-51(11-6-7-18-74-59(90)41-109-42-60(91)75-20-23-103-28-30-106-32-34-108-35-33-107-31-29-104-24-21-76-61(92)43-110-80-39-48-13-15-49(71)16-14-48)65(97)85-54(44-111)68(100)83-50(12-8-19-78-70(72)73)63(95)79-40-58(89)82-53(38-62(93)94)67(99)86-55(45-112)69(101)84-52(66(98)87-56)37-47-9-4-3-5-10-47/h3-5,9-10,13-16,39,50-56,111-112H,2,6-8,11-12,17-38,40-46H2,1H3,(H,74,90)(H,75,91)(H,76,92)(H,77,96)(H,79,95)(H,81,88)(H,82,89)(H,83,100)(H,84,101)(H,85,97)(H,86,99)(H,87,98)(H,93,94)(H4,72,73,78)/b80-39+/t50-,51-,52-,53-,54-,55-,56-/m0/s1. The molecule has 1 aliphatic rings. The number of amides is 12. The smallest absolute Gasteiger partial charge is 0.305 e. The average Bonchev–Trinajstić information content (AvgIpc) is 0.854. The van der Waals surface area contributed by atoms with Crippen LogP contribution < -0.4 is 74.9 Å². The number of thiol groups is 2. The molecule has 17 N–H and O–H groups in total. The van der Waals surface area contributed by atoms with Gasteiger partial charge in [-0.15, -0.1) is 0 Å². The summed E-state index contributed by atoms with van der Waals surface area (Å²) < 4.78 is 44.6. The summed E-state index contributed by atoms with van der Waals surface area (Å²) in [7, 11) is 0. The summed E-state index contributed by atoms with van der Waals surface area (Å²) in [5.41, 5.74) is 6.85. The molecule has 0 aromatic heterocycles. The molecule has 1 fully saturated rings. The second-order valence-electron chi connectivity index (χ2n) is 24.5. The van der Waals surface area contributed by atoms with Gasteiger partial charge in [0.05, 0.1) is 105 Å². The molecule has 0 spiro atoms. The number of carboxylic acid groups (broad SMARTS) is 1. The lowest BCUT2D eigenvalue weighted by Gasteiger charge is -2.26. The van der Waals surface area contributed by atoms with E-state index in [1.807, 2.05) is 31.2 Å². The number of hydrogen-bond donors (Lipinski definition) is 18. The van der Waals surface area contributed by atoms with Crippen molar-refractivity contribution in [3.63, 3.8) is 0 Å². The third-order valence-electron chi connectivity index (χ3n) is 15.5. The number of aliphatic carboxylic acids is 1. The van der Waals surface area contributed by atoms with Gasteiger partial charge < -0.3 is 123 Å². The van der Waals surface area contributed by atoms with Crippen LogP contribution in [0.4, 0.5) is 0 Å². The van der Waals surface area contributed by atoms with Crippen molar-refractivity contribution in [3.05, 3.63) is 69.3 Å². The lowest BCUT2D eigenvalue weighted by atomic mass is 10.0. The number of hydrogen-bond acceptors (Lipinski definition) is 27. The molecule has 3 rings (SSSR count). The van der Waals surface area contributed by atoms with Crippen molar-refractivity contribution in [2.24, 2.45) is 10.9 Å². The first kappa shape index (κ1) is 98.9. The van der Waals surface area contributed by atoms with Gasteiger partial charge in [-0.2, -0.15) is 37.0 Å². The molecule has 43 heteroatoms. The number of unbranched alkanes of at least 4 members (excludes halogenated alkanes) is 1. The van der Waals surface area contributed by atoms with Crippen LogP contribution in [0.2, 0.25) is 0 Å². The van der Waals surface area contributed by atoms with E-state index in [0.717, 1.165) is 20.9 Å². The number of ether oxygens (including phenoxy) is 8. The predicted octanol–water partition coefficient (Wildman–Crippen LogP) is -4.08. The first-order chi connectivity index (χ1) is 54.5. The fourth-order valence-corrected chi connectivity index (χ4v) is 11.5. The topological polar surface area (TPSA) is 544 Å². The normalized spacial score (nSPS) is 18.7. The summed E-state index contributed by atoms with van der Waals surface area (Å²) in [6.07, 6.45) is 0.477. The number of thioether (sulfide) groups is 1. The fraction of sp³-hybridized carbons (Fsp3) is 0.614. The predicted molar refractivity (Wildman–Crippen MR) is 429 cm³/mol. The molecule has 1 heterocycles. The number of carbonyl (C=O) groups excluding carboxylic acids is 12. The Bertz CT molecular complexity index is 3260. The maximum atomic E-state index is 14.4. The number of guanidine groups is 1. The SMILES string of the molecule is CCOCCOCCNC(=O)[C@@H]1CSCCC(=O)N[C@@H](CCCCNC(=O)COCC(=O)NCCOCCOCCOCCOCCOCCNC(=O)CO/N=C/c2ccc(I)cc2)C(=O)N[C@@H](CS)C(=O)N[C@@H](CCCNC(=N)N)C(=O)NCC(=O)N[C@@H](CC(=O)O)C(=O)N[C@@H](CS)C(=O)N[C@@H](Cc2ccccc2)C(=O)N1. The van der Waals surface area contributed by atoms with Crippen molar-refractivity contribution in [3.8, 4) is 0 Å². The number of nitrogens with zero attached hydrogens (tertiary/aromatic N) is 1. The van der Waals surface area contributed by atoms with Gasteiger partial charge in [-0.1, -0.05) is 47.6 Å². The molecular formula is C70H109IN16O23S3. The van der Waals surface area contributed by atoms with E-state index in [9.17, 15) is 67.4 Å². The number of nitrogens with one attached hydrogen (secondary N) is 14. The molecular weight excluding hydrogens is 1660 g/mol. The molecule has 2 aromatic rings. The van der Waals surface area contributed by atoms with Gasteiger partial charge in [-0.3, -0.25) is 67.7 Å². The number of oxime groups is 1. The Balaban J connectivity index is 1.58. The van der Waals surface area contributed by atoms with Crippen molar-refractivity contribution < 1.29 is 110 Å². The molecule has 0 saturated carbocycles. The Morgan fingerprint density at radius 3 is 1.57 bits per heavy atom. The van der Waals surface area contributed by atoms with Gasteiger partial charge in [0.25, 0.3) is 5.91 Å². The van der Waals surface area contributed by atoms with E-state index >= 15 is 0 Å². The lowest BCUT2D eigenvalue weighted by molar-refractivity contribution is -0.141. The van der Waals surface area contributed by atoms with E-state index in [-0.39, 0.29) is 134 Å². The largest absolute Gasteiger partial charge is 0.481 e. The molecule has 0 unspecified atom stereocenters. The van der Waals surface area contributed by atoms with Gasteiger partial charge in [0.15, 0.2) is 12.6 Å². The van der Waals surface area contributed by atoms with Gasteiger partial charge >= 0.3 is 5.97 Å².